The van der Waals surface area contributed by atoms with Crippen molar-refractivity contribution in [2.75, 3.05) is 0 Å². The lowest BCUT2D eigenvalue weighted by molar-refractivity contribution is 1.23. The predicted octanol–water partition coefficient (Wildman–Crippen LogP) is 4.44. The second kappa shape index (κ2) is 6.16. The van der Waals surface area contributed by atoms with Gasteiger partial charge in [0, 0.05) is 11.1 Å². The Bertz CT molecular complexity index is 1610. The lowest BCUT2D eigenvalue weighted by Gasteiger charge is -2.00. The molecule has 6 rings (SSSR count). The van der Waals surface area contributed by atoms with E-state index in [4.69, 9.17) is 0 Å². The molecule has 0 fully saturated rings. The van der Waals surface area contributed by atoms with Gasteiger partial charge in [0.1, 0.15) is 0 Å². The van der Waals surface area contributed by atoms with Crippen molar-refractivity contribution in [2.24, 2.45) is 0 Å². The second-order valence-corrected chi connectivity index (χ2v) is 7.40. The summed E-state index contributed by atoms with van der Waals surface area (Å²) < 4.78 is 0. The summed E-state index contributed by atoms with van der Waals surface area (Å²) >= 11 is 0. The van der Waals surface area contributed by atoms with Gasteiger partial charge >= 0.3 is 0 Å². The van der Waals surface area contributed by atoms with Crippen LogP contribution in [0.25, 0.3) is 44.1 Å². The zero-order valence-corrected chi connectivity index (χ0v) is 15.8. The van der Waals surface area contributed by atoms with Crippen LogP contribution in [-0.4, -0.2) is 9.97 Å². The van der Waals surface area contributed by atoms with E-state index in [0.29, 0.717) is 21.8 Å². The van der Waals surface area contributed by atoms with Crippen LogP contribution in [-0.2, 0) is 0 Å². The highest BCUT2D eigenvalue weighted by atomic mass is 16.1. The molecule has 0 amide bonds. The fraction of sp³-hybridized carbons (Fsp3) is 0. The molecule has 0 saturated heterocycles. The topological polar surface area (TPSA) is 59.9 Å². The van der Waals surface area contributed by atoms with Crippen LogP contribution in [0.15, 0.2) is 94.5 Å². The first kappa shape index (κ1) is 16.7. The molecule has 0 aliphatic carbocycles. The van der Waals surface area contributed by atoms with Crippen LogP contribution < -0.4 is 11.1 Å². The molecular formula is C26H14N2O2. The van der Waals surface area contributed by atoms with E-state index in [9.17, 15) is 9.59 Å². The Morgan fingerprint density at radius 2 is 0.867 bits per heavy atom. The van der Waals surface area contributed by atoms with Crippen LogP contribution in [0.1, 0.15) is 0 Å². The number of hydrogen-bond acceptors (Lipinski definition) is 4. The minimum Gasteiger partial charge on any atom is -0.267 e. The maximum Gasteiger partial charge on any atom is 0.280 e. The van der Waals surface area contributed by atoms with Gasteiger partial charge in [-0.2, -0.15) is 0 Å². The van der Waals surface area contributed by atoms with Crippen molar-refractivity contribution in [2.45, 2.75) is 0 Å². The number of fused-ring (bicyclic) bond motifs is 2. The average molecular weight is 386 g/mol. The normalized spacial score (nSPS) is 11.6. The van der Waals surface area contributed by atoms with E-state index < -0.39 is 11.1 Å². The molecule has 4 heteroatoms. The molecule has 0 unspecified atom stereocenters. The summed E-state index contributed by atoms with van der Waals surface area (Å²) in [5, 5.41) is 4.84. The van der Waals surface area contributed by atoms with Crippen molar-refractivity contribution in [3.63, 3.8) is 0 Å². The largest absolute Gasteiger partial charge is 0.280 e. The van der Waals surface area contributed by atoms with Gasteiger partial charge in [0.25, 0.3) is 11.1 Å². The molecular weight excluding hydrogens is 372 g/mol. The molecule has 0 radical (unpaired) electrons. The summed E-state index contributed by atoms with van der Waals surface area (Å²) in [6.07, 6.45) is 0. The highest BCUT2D eigenvalue weighted by molar-refractivity contribution is 5.88. The zero-order valence-electron chi connectivity index (χ0n) is 15.8. The number of benzene rings is 4. The standard InChI is InChI=1S/C26H14N2O2/c29-25-21-22(24(28-25)20-12-10-16-6-2-4-8-18(16)14-20)26(30)27-23(21)19-11-9-15-5-1-3-7-17(15)13-19/h1-14H. The van der Waals surface area contributed by atoms with E-state index in [0.717, 1.165) is 32.7 Å². The van der Waals surface area contributed by atoms with Crippen molar-refractivity contribution in [1.82, 2.24) is 9.97 Å². The van der Waals surface area contributed by atoms with Crippen molar-refractivity contribution in [3.8, 4) is 22.5 Å². The number of hydrogen-bond donors (Lipinski definition) is 0. The second-order valence-electron chi connectivity index (χ2n) is 7.40. The first-order chi connectivity index (χ1) is 14.7. The van der Waals surface area contributed by atoms with Gasteiger partial charge in [-0.05, 0) is 33.7 Å². The van der Waals surface area contributed by atoms with E-state index in [2.05, 4.69) is 9.97 Å². The summed E-state index contributed by atoms with van der Waals surface area (Å²) in [6.45, 7) is 0. The van der Waals surface area contributed by atoms with E-state index in [1.165, 1.54) is 0 Å². The highest BCUT2D eigenvalue weighted by Crippen LogP contribution is 2.27. The lowest BCUT2D eigenvalue weighted by Crippen LogP contribution is -2.04. The maximum atomic E-state index is 12.8. The van der Waals surface area contributed by atoms with Crippen molar-refractivity contribution in [3.05, 3.63) is 116 Å². The fourth-order valence-corrected chi connectivity index (χ4v) is 4.17. The van der Waals surface area contributed by atoms with Gasteiger partial charge in [-0.25, -0.2) is 9.97 Å². The zero-order chi connectivity index (χ0) is 20.2. The molecule has 0 atom stereocenters. The van der Waals surface area contributed by atoms with Crippen molar-refractivity contribution >= 4 is 21.5 Å². The Balaban J connectivity index is 1.63. The molecule has 0 N–H and O–H groups in total. The smallest absolute Gasteiger partial charge is 0.267 e. The van der Waals surface area contributed by atoms with E-state index in [1.807, 2.05) is 84.9 Å². The van der Waals surface area contributed by atoms with E-state index in [1.54, 1.807) is 0 Å². The maximum absolute atomic E-state index is 12.8. The molecule has 4 aromatic rings. The minimum absolute atomic E-state index is 0.304. The summed E-state index contributed by atoms with van der Waals surface area (Å²) in [5.41, 5.74) is 1.48. The minimum atomic E-state index is -0.411. The molecule has 0 saturated carbocycles. The van der Waals surface area contributed by atoms with Crippen LogP contribution in [0.5, 0.6) is 0 Å². The third-order valence-electron chi connectivity index (χ3n) is 5.62. The summed E-state index contributed by atoms with van der Waals surface area (Å²) in [5.74, 6) is 0. The van der Waals surface area contributed by atoms with Gasteiger partial charge in [-0.3, -0.25) is 9.59 Å². The fourth-order valence-electron chi connectivity index (χ4n) is 4.17. The summed E-state index contributed by atoms with van der Waals surface area (Å²) in [7, 11) is 0. The molecule has 2 heterocycles. The van der Waals surface area contributed by atoms with Gasteiger partial charge in [-0.1, -0.05) is 72.8 Å². The van der Waals surface area contributed by atoms with Crippen LogP contribution >= 0.6 is 0 Å². The quantitative estimate of drug-likeness (QED) is 0.441. The third kappa shape index (κ3) is 2.40. The first-order valence-electron chi connectivity index (χ1n) is 9.68. The van der Waals surface area contributed by atoms with Gasteiger partial charge in [0.15, 0.2) is 0 Å². The van der Waals surface area contributed by atoms with Gasteiger partial charge in [-0.15, -0.1) is 0 Å². The SMILES string of the molecule is O=c1nc(-c2ccc3ccccc3c2)c2c(=O)nc(-c3ccc4ccccc4c3)c1=2. The molecule has 2 aliphatic rings. The molecule has 0 aromatic heterocycles. The summed E-state index contributed by atoms with van der Waals surface area (Å²) in [4.78, 5) is 34.1. The Kier molecular flexibility index (Phi) is 3.44. The van der Waals surface area contributed by atoms with Crippen LogP contribution in [0.3, 0.4) is 0 Å². The molecule has 4 aromatic carbocycles. The number of nitrogens with zero attached hydrogens (tertiary/aromatic N) is 2. The van der Waals surface area contributed by atoms with Crippen molar-refractivity contribution < 1.29 is 0 Å². The molecule has 140 valence electrons. The molecule has 2 aliphatic heterocycles. The Morgan fingerprint density at radius 1 is 0.467 bits per heavy atom. The molecule has 0 bridgehead atoms. The van der Waals surface area contributed by atoms with E-state index >= 15 is 0 Å². The summed E-state index contributed by atoms with van der Waals surface area (Å²) in [6, 6.07) is 27.6. The predicted molar refractivity (Wildman–Crippen MR) is 118 cm³/mol. The molecule has 30 heavy (non-hydrogen) atoms. The van der Waals surface area contributed by atoms with E-state index in [-0.39, 0.29) is 0 Å². The molecule has 4 nitrogen and oxygen atoms in total. The Hall–Kier alpha value is -4.18. The van der Waals surface area contributed by atoms with Gasteiger partial charge in [0.05, 0.1) is 21.8 Å². The van der Waals surface area contributed by atoms with Crippen LogP contribution in [0, 0.1) is 10.4 Å². The Morgan fingerprint density at radius 3 is 1.30 bits per heavy atom. The number of aromatic nitrogens is 2. The lowest BCUT2D eigenvalue weighted by atomic mass is 10.0. The van der Waals surface area contributed by atoms with Crippen LogP contribution in [0.2, 0.25) is 0 Å². The van der Waals surface area contributed by atoms with Gasteiger partial charge < -0.3 is 0 Å². The Labute approximate surface area is 170 Å². The highest BCUT2D eigenvalue weighted by Gasteiger charge is 2.19. The first-order valence-corrected chi connectivity index (χ1v) is 9.68. The average Bonchev–Trinajstić information content (AvgIpc) is 3.31. The van der Waals surface area contributed by atoms with Gasteiger partial charge in [0.2, 0.25) is 0 Å². The monoisotopic (exact) mass is 386 g/mol. The number of rotatable bonds is 2. The third-order valence-corrected chi connectivity index (χ3v) is 5.62. The van der Waals surface area contributed by atoms with Crippen LogP contribution in [0.4, 0.5) is 0 Å². The molecule has 0 spiro atoms. The van der Waals surface area contributed by atoms with Crippen molar-refractivity contribution in [1.29, 1.82) is 0 Å².